The van der Waals surface area contributed by atoms with E-state index in [1.165, 1.54) is 18.2 Å². The highest BCUT2D eigenvalue weighted by molar-refractivity contribution is 9.10. The maximum absolute atomic E-state index is 12.2. The lowest BCUT2D eigenvalue weighted by Crippen LogP contribution is -2.33. The predicted octanol–water partition coefficient (Wildman–Crippen LogP) is 4.01. The minimum Gasteiger partial charge on any atom is -0.503 e. The Hall–Kier alpha value is -1.47. The Morgan fingerprint density at radius 3 is 2.83 bits per heavy atom. The molecule has 1 saturated heterocycles. The average molecular weight is 411 g/mol. The van der Waals surface area contributed by atoms with Crippen LogP contribution in [0.4, 0.5) is 0 Å². The summed E-state index contributed by atoms with van der Waals surface area (Å²) in [5, 5.41) is 10.8. The fraction of sp³-hybridized carbons (Fsp3) is 0.412. The van der Waals surface area contributed by atoms with Crippen LogP contribution in [0.25, 0.3) is 6.08 Å². The highest BCUT2D eigenvalue weighted by atomic mass is 79.9. The molecule has 2 aliphatic heterocycles. The van der Waals surface area contributed by atoms with Gasteiger partial charge in [-0.15, -0.1) is 0 Å². The molecule has 0 spiro atoms. The number of benzene rings is 1. The summed E-state index contributed by atoms with van der Waals surface area (Å²) in [7, 11) is 0. The Bertz CT molecular complexity index is 712. The number of carbonyl (C=O) groups excluding carboxylic acids is 1. The molecule has 0 aliphatic carbocycles. The molecule has 5 nitrogen and oxygen atoms in total. The van der Waals surface area contributed by atoms with Gasteiger partial charge < -0.3 is 14.7 Å². The Kier molecular flexibility index (Phi) is 5.50. The second kappa shape index (κ2) is 7.61. The van der Waals surface area contributed by atoms with Crippen LogP contribution in [0.5, 0.6) is 11.5 Å². The first-order chi connectivity index (χ1) is 11.6. The summed E-state index contributed by atoms with van der Waals surface area (Å²) >= 11 is 4.74. The van der Waals surface area contributed by atoms with Crippen LogP contribution < -0.4 is 4.74 Å². The zero-order valence-corrected chi connectivity index (χ0v) is 15.8. The molecule has 128 valence electrons. The fourth-order valence-corrected chi connectivity index (χ4v) is 4.14. The van der Waals surface area contributed by atoms with Crippen molar-refractivity contribution >= 4 is 44.8 Å². The maximum atomic E-state index is 12.2. The van der Waals surface area contributed by atoms with E-state index < -0.39 is 0 Å². The second-order valence-corrected chi connectivity index (χ2v) is 7.50. The van der Waals surface area contributed by atoms with Gasteiger partial charge in [0.05, 0.1) is 16.0 Å². The third kappa shape index (κ3) is 3.78. The van der Waals surface area contributed by atoms with Gasteiger partial charge in [0.15, 0.2) is 16.7 Å². The summed E-state index contributed by atoms with van der Waals surface area (Å²) in [6, 6.07) is 3.49. The van der Waals surface area contributed by atoms with Gasteiger partial charge in [0.2, 0.25) is 0 Å². The summed E-state index contributed by atoms with van der Waals surface area (Å²) in [6.45, 7) is 4.24. The van der Waals surface area contributed by atoms with Gasteiger partial charge in [-0.3, -0.25) is 4.79 Å². The number of phenols is 1. The van der Waals surface area contributed by atoms with Crippen LogP contribution in [0.1, 0.15) is 31.7 Å². The average Bonchev–Trinajstić information content (AvgIpc) is 2.94. The SMILES string of the molecule is CCOc1cc(C=C2SC(N3CCCCC3)=NC2=O)cc(Br)c1O. The van der Waals surface area contributed by atoms with Crippen molar-refractivity contribution in [2.24, 2.45) is 4.99 Å². The molecule has 1 amide bonds. The zero-order chi connectivity index (χ0) is 17.1. The smallest absolute Gasteiger partial charge is 0.286 e. The number of amidine groups is 1. The van der Waals surface area contributed by atoms with Gasteiger partial charge >= 0.3 is 0 Å². The van der Waals surface area contributed by atoms with Crippen molar-refractivity contribution in [1.29, 1.82) is 0 Å². The van der Waals surface area contributed by atoms with Crippen LogP contribution in [-0.4, -0.2) is 40.8 Å². The lowest BCUT2D eigenvalue weighted by atomic mass is 10.1. The molecule has 7 heteroatoms. The van der Waals surface area contributed by atoms with Crippen molar-refractivity contribution in [2.75, 3.05) is 19.7 Å². The summed E-state index contributed by atoms with van der Waals surface area (Å²) in [4.78, 5) is 19.2. The summed E-state index contributed by atoms with van der Waals surface area (Å²) in [5.41, 5.74) is 0.786. The van der Waals surface area contributed by atoms with E-state index in [-0.39, 0.29) is 11.7 Å². The molecule has 0 bridgehead atoms. The number of thioether (sulfide) groups is 1. The first-order valence-electron chi connectivity index (χ1n) is 8.01. The minimum atomic E-state index is -0.206. The standard InChI is InChI=1S/C17H19BrN2O3S/c1-2-23-13-9-11(8-12(18)15(13)21)10-14-16(22)19-17(24-14)20-6-4-3-5-7-20/h8-10,21H,2-7H2,1H3. The predicted molar refractivity (Wildman–Crippen MR) is 100 cm³/mol. The molecule has 24 heavy (non-hydrogen) atoms. The van der Waals surface area contributed by atoms with E-state index in [0.29, 0.717) is 21.7 Å². The first kappa shape index (κ1) is 17.4. The normalized spacial score (nSPS) is 19.8. The van der Waals surface area contributed by atoms with Crippen LogP contribution in [0.2, 0.25) is 0 Å². The molecule has 1 fully saturated rings. The lowest BCUT2D eigenvalue weighted by molar-refractivity contribution is -0.113. The Morgan fingerprint density at radius 1 is 1.38 bits per heavy atom. The number of piperidine rings is 1. The summed E-state index contributed by atoms with van der Waals surface area (Å²) in [5.74, 6) is 0.253. The highest BCUT2D eigenvalue weighted by Gasteiger charge is 2.27. The lowest BCUT2D eigenvalue weighted by Gasteiger charge is -2.27. The number of amides is 1. The van der Waals surface area contributed by atoms with Crippen LogP contribution >= 0.6 is 27.7 Å². The maximum Gasteiger partial charge on any atom is 0.286 e. The molecule has 1 aromatic carbocycles. The van der Waals surface area contributed by atoms with Gasteiger partial charge in [-0.1, -0.05) is 0 Å². The summed E-state index contributed by atoms with van der Waals surface area (Å²) in [6.07, 6.45) is 5.33. The van der Waals surface area contributed by atoms with E-state index in [1.54, 1.807) is 18.2 Å². The van der Waals surface area contributed by atoms with Crippen molar-refractivity contribution in [1.82, 2.24) is 4.90 Å². The molecule has 2 heterocycles. The van der Waals surface area contributed by atoms with E-state index in [4.69, 9.17) is 4.74 Å². The molecule has 0 atom stereocenters. The third-order valence-electron chi connectivity index (χ3n) is 3.88. The first-order valence-corrected chi connectivity index (χ1v) is 9.62. The molecule has 2 aliphatic rings. The molecular formula is C17H19BrN2O3S. The van der Waals surface area contributed by atoms with Gasteiger partial charge in [-0.05, 0) is 77.7 Å². The van der Waals surface area contributed by atoms with Gasteiger partial charge in [0.25, 0.3) is 5.91 Å². The number of hydrogen-bond donors (Lipinski definition) is 1. The Labute approximate surface area is 153 Å². The largest absolute Gasteiger partial charge is 0.503 e. The molecule has 1 aromatic rings. The van der Waals surface area contributed by atoms with Crippen LogP contribution in [-0.2, 0) is 4.79 Å². The Balaban J connectivity index is 1.81. The zero-order valence-electron chi connectivity index (χ0n) is 13.4. The van der Waals surface area contributed by atoms with E-state index >= 15 is 0 Å². The van der Waals surface area contributed by atoms with E-state index in [2.05, 4.69) is 25.8 Å². The quantitative estimate of drug-likeness (QED) is 0.762. The molecule has 0 aromatic heterocycles. The highest BCUT2D eigenvalue weighted by Crippen LogP contribution is 2.38. The van der Waals surface area contributed by atoms with Crippen molar-refractivity contribution < 1.29 is 14.6 Å². The van der Waals surface area contributed by atoms with E-state index in [9.17, 15) is 9.90 Å². The molecule has 3 rings (SSSR count). The molecular weight excluding hydrogens is 392 g/mol. The van der Waals surface area contributed by atoms with Gasteiger partial charge in [-0.2, -0.15) is 4.99 Å². The number of ether oxygens (including phenoxy) is 1. The number of hydrogen-bond acceptors (Lipinski definition) is 5. The van der Waals surface area contributed by atoms with Crippen molar-refractivity contribution in [3.8, 4) is 11.5 Å². The fourth-order valence-electron chi connectivity index (χ4n) is 2.71. The van der Waals surface area contributed by atoms with Gasteiger partial charge in [0.1, 0.15) is 0 Å². The number of carbonyl (C=O) groups is 1. The minimum absolute atomic E-state index is 0.0645. The number of nitrogens with zero attached hydrogens (tertiary/aromatic N) is 2. The molecule has 0 unspecified atom stereocenters. The van der Waals surface area contributed by atoms with Crippen molar-refractivity contribution in [3.05, 3.63) is 27.1 Å². The monoisotopic (exact) mass is 410 g/mol. The number of aliphatic imine (C=N–C) groups is 1. The molecule has 0 saturated carbocycles. The van der Waals surface area contributed by atoms with Crippen molar-refractivity contribution in [2.45, 2.75) is 26.2 Å². The number of aromatic hydroxyl groups is 1. The number of phenolic OH excluding ortho intramolecular Hbond substituents is 1. The summed E-state index contributed by atoms with van der Waals surface area (Å²) < 4.78 is 5.96. The third-order valence-corrected chi connectivity index (χ3v) is 5.53. The van der Waals surface area contributed by atoms with E-state index in [1.807, 2.05) is 6.92 Å². The van der Waals surface area contributed by atoms with Gasteiger partial charge in [-0.25, -0.2) is 0 Å². The topological polar surface area (TPSA) is 62.1 Å². The van der Waals surface area contributed by atoms with E-state index in [0.717, 1.165) is 36.7 Å². The van der Waals surface area contributed by atoms with Crippen LogP contribution in [0.15, 0.2) is 26.5 Å². The van der Waals surface area contributed by atoms with Crippen LogP contribution in [0, 0.1) is 0 Å². The molecule has 0 radical (unpaired) electrons. The second-order valence-electron chi connectivity index (χ2n) is 5.64. The number of halogens is 1. The number of likely N-dealkylation sites (tertiary alicyclic amines) is 1. The van der Waals surface area contributed by atoms with Gasteiger partial charge in [0, 0.05) is 13.1 Å². The van der Waals surface area contributed by atoms with Crippen molar-refractivity contribution in [3.63, 3.8) is 0 Å². The Morgan fingerprint density at radius 2 is 2.12 bits per heavy atom. The number of rotatable bonds is 3. The van der Waals surface area contributed by atoms with Crippen LogP contribution in [0.3, 0.4) is 0 Å². The molecule has 1 N–H and O–H groups in total.